The topological polar surface area (TPSA) is 66.5 Å². The quantitative estimate of drug-likeness (QED) is 0.692. The molecule has 1 atom stereocenters. The van der Waals surface area contributed by atoms with Crippen molar-refractivity contribution in [1.82, 2.24) is 10.2 Å². The van der Waals surface area contributed by atoms with Crippen LogP contribution in [0, 0.1) is 0 Å². The summed E-state index contributed by atoms with van der Waals surface area (Å²) in [5, 5.41) is 2.79. The fraction of sp³-hybridized carbons (Fsp3) is 0.727. The molecule has 0 radical (unpaired) electrons. The molecule has 0 aromatic rings. The maximum Gasteiger partial charge on any atom is 0.229 e. The molecule has 1 aliphatic heterocycles. The lowest BCUT2D eigenvalue weighted by molar-refractivity contribution is -0.138. The Balaban J connectivity index is 2.31. The maximum atomic E-state index is 11.4. The molecule has 1 fully saturated rings. The van der Waals surface area contributed by atoms with Gasteiger partial charge in [-0.15, -0.1) is 0 Å². The molecule has 3 amide bonds. The maximum absolute atomic E-state index is 11.4. The van der Waals surface area contributed by atoms with Crippen LogP contribution in [0.15, 0.2) is 0 Å². The van der Waals surface area contributed by atoms with Crippen LogP contribution in [0.2, 0.25) is 0 Å². The molecule has 0 bridgehead atoms. The summed E-state index contributed by atoms with van der Waals surface area (Å²) < 4.78 is 0. The summed E-state index contributed by atoms with van der Waals surface area (Å²) >= 11 is 0. The van der Waals surface area contributed by atoms with Crippen LogP contribution in [0.3, 0.4) is 0 Å². The summed E-state index contributed by atoms with van der Waals surface area (Å²) in [6.07, 6.45) is 1.63. The number of likely N-dealkylation sites (tertiary alicyclic amines) is 1. The van der Waals surface area contributed by atoms with Gasteiger partial charge in [-0.25, -0.2) is 0 Å². The van der Waals surface area contributed by atoms with Crippen LogP contribution in [0.25, 0.3) is 0 Å². The molecule has 1 unspecified atom stereocenters. The van der Waals surface area contributed by atoms with E-state index in [1.807, 2.05) is 13.8 Å². The molecule has 16 heavy (non-hydrogen) atoms. The van der Waals surface area contributed by atoms with E-state index in [4.69, 9.17) is 0 Å². The summed E-state index contributed by atoms with van der Waals surface area (Å²) in [7, 11) is 0. The first-order valence-corrected chi connectivity index (χ1v) is 5.67. The van der Waals surface area contributed by atoms with E-state index in [0.717, 1.165) is 6.42 Å². The van der Waals surface area contributed by atoms with Crippen LogP contribution in [-0.2, 0) is 14.4 Å². The van der Waals surface area contributed by atoms with Crippen LogP contribution < -0.4 is 5.32 Å². The number of hydrogen-bond acceptors (Lipinski definition) is 3. The highest BCUT2D eigenvalue weighted by Gasteiger charge is 2.28. The molecular weight excluding hydrogens is 208 g/mol. The Morgan fingerprint density at radius 1 is 1.38 bits per heavy atom. The van der Waals surface area contributed by atoms with E-state index in [2.05, 4.69) is 5.32 Å². The Labute approximate surface area is 95.2 Å². The lowest BCUT2D eigenvalue weighted by Crippen LogP contribution is -2.37. The predicted molar refractivity (Wildman–Crippen MR) is 58.5 cm³/mol. The molecule has 0 saturated carbocycles. The van der Waals surface area contributed by atoms with E-state index in [9.17, 15) is 14.4 Å². The first kappa shape index (κ1) is 12.7. The zero-order valence-corrected chi connectivity index (χ0v) is 9.78. The predicted octanol–water partition coefficient (Wildman–Crippen LogP) is 0.440. The normalized spacial score (nSPS) is 17.8. The third kappa shape index (κ3) is 3.32. The largest absolute Gasteiger partial charge is 0.354 e. The average molecular weight is 226 g/mol. The van der Waals surface area contributed by atoms with Gasteiger partial charge in [0.1, 0.15) is 0 Å². The van der Waals surface area contributed by atoms with Crippen molar-refractivity contribution in [3.8, 4) is 0 Å². The Kier molecular flexibility index (Phi) is 4.46. The van der Waals surface area contributed by atoms with Gasteiger partial charge in [-0.2, -0.15) is 0 Å². The molecule has 0 aromatic heterocycles. The van der Waals surface area contributed by atoms with E-state index >= 15 is 0 Å². The van der Waals surface area contributed by atoms with Crippen LogP contribution in [0.4, 0.5) is 0 Å². The van der Waals surface area contributed by atoms with E-state index in [-0.39, 0.29) is 49.6 Å². The minimum atomic E-state index is -0.165. The van der Waals surface area contributed by atoms with Crippen molar-refractivity contribution in [3.05, 3.63) is 0 Å². The first-order valence-electron chi connectivity index (χ1n) is 5.67. The lowest BCUT2D eigenvalue weighted by Gasteiger charge is -2.15. The molecule has 5 nitrogen and oxygen atoms in total. The number of nitrogens with one attached hydrogen (secondary N) is 1. The second-order valence-corrected chi connectivity index (χ2v) is 4.07. The fourth-order valence-corrected chi connectivity index (χ4v) is 1.53. The number of hydrogen-bond donors (Lipinski definition) is 1. The van der Waals surface area contributed by atoms with Crippen molar-refractivity contribution in [1.29, 1.82) is 0 Å². The van der Waals surface area contributed by atoms with E-state index in [1.54, 1.807) is 0 Å². The Bertz CT molecular complexity index is 286. The van der Waals surface area contributed by atoms with Crippen LogP contribution in [0.5, 0.6) is 0 Å². The van der Waals surface area contributed by atoms with Gasteiger partial charge in [-0.3, -0.25) is 19.3 Å². The molecule has 1 rings (SSSR count). The summed E-state index contributed by atoms with van der Waals surface area (Å²) in [4.78, 5) is 35.1. The zero-order chi connectivity index (χ0) is 12.1. The number of carbonyl (C=O) groups excluding carboxylic acids is 3. The third-order valence-corrected chi connectivity index (χ3v) is 2.74. The molecule has 1 heterocycles. The summed E-state index contributed by atoms with van der Waals surface area (Å²) in [6.45, 7) is 4.11. The van der Waals surface area contributed by atoms with Crippen molar-refractivity contribution in [2.75, 3.05) is 6.54 Å². The van der Waals surface area contributed by atoms with Gasteiger partial charge < -0.3 is 5.32 Å². The number of nitrogens with zero attached hydrogens (tertiary/aromatic N) is 1. The van der Waals surface area contributed by atoms with Gasteiger partial charge in [-0.1, -0.05) is 6.92 Å². The fourth-order valence-electron chi connectivity index (χ4n) is 1.53. The van der Waals surface area contributed by atoms with E-state index < -0.39 is 0 Å². The lowest BCUT2D eigenvalue weighted by atomic mass is 10.2. The van der Waals surface area contributed by atoms with Gasteiger partial charge in [0, 0.05) is 31.8 Å². The minimum absolute atomic E-state index is 0.109. The van der Waals surface area contributed by atoms with Gasteiger partial charge in [0.25, 0.3) is 0 Å². The standard InChI is InChI=1S/C11H18N2O3/c1-3-8(2)12-9(14)6-7-13-10(15)4-5-11(13)16/h8H,3-7H2,1-2H3,(H,12,14). The molecule has 0 aromatic carbocycles. The summed E-state index contributed by atoms with van der Waals surface area (Å²) in [6, 6.07) is 0.137. The third-order valence-electron chi connectivity index (χ3n) is 2.74. The number of carbonyl (C=O) groups is 3. The molecule has 1 N–H and O–H groups in total. The number of rotatable bonds is 5. The molecule has 90 valence electrons. The molecular formula is C11H18N2O3. The molecule has 0 spiro atoms. The first-order chi connectivity index (χ1) is 7.54. The second kappa shape index (κ2) is 5.63. The monoisotopic (exact) mass is 226 g/mol. The smallest absolute Gasteiger partial charge is 0.229 e. The summed E-state index contributed by atoms with van der Waals surface area (Å²) in [5.41, 5.74) is 0. The number of imide groups is 1. The Hall–Kier alpha value is -1.39. The van der Waals surface area contributed by atoms with Crippen LogP contribution in [-0.4, -0.2) is 35.2 Å². The van der Waals surface area contributed by atoms with Gasteiger partial charge in [0.05, 0.1) is 0 Å². The Morgan fingerprint density at radius 2 is 1.94 bits per heavy atom. The molecule has 1 saturated heterocycles. The van der Waals surface area contributed by atoms with Crippen LogP contribution >= 0.6 is 0 Å². The van der Waals surface area contributed by atoms with Crippen molar-refractivity contribution < 1.29 is 14.4 Å². The van der Waals surface area contributed by atoms with Gasteiger partial charge in [0.15, 0.2) is 0 Å². The van der Waals surface area contributed by atoms with E-state index in [0.29, 0.717) is 0 Å². The van der Waals surface area contributed by atoms with Crippen molar-refractivity contribution in [2.45, 2.75) is 45.6 Å². The number of amides is 3. The molecule has 0 aliphatic carbocycles. The van der Waals surface area contributed by atoms with Crippen molar-refractivity contribution in [3.63, 3.8) is 0 Å². The average Bonchev–Trinajstić information content (AvgIpc) is 2.56. The van der Waals surface area contributed by atoms with Crippen molar-refractivity contribution >= 4 is 17.7 Å². The van der Waals surface area contributed by atoms with E-state index in [1.165, 1.54) is 4.90 Å². The zero-order valence-electron chi connectivity index (χ0n) is 9.78. The van der Waals surface area contributed by atoms with Gasteiger partial charge >= 0.3 is 0 Å². The highest BCUT2D eigenvalue weighted by atomic mass is 16.2. The van der Waals surface area contributed by atoms with Crippen molar-refractivity contribution in [2.24, 2.45) is 0 Å². The highest BCUT2D eigenvalue weighted by molar-refractivity contribution is 6.02. The van der Waals surface area contributed by atoms with Gasteiger partial charge in [0.2, 0.25) is 17.7 Å². The minimum Gasteiger partial charge on any atom is -0.354 e. The second-order valence-electron chi connectivity index (χ2n) is 4.07. The molecule has 1 aliphatic rings. The Morgan fingerprint density at radius 3 is 2.44 bits per heavy atom. The highest BCUT2D eigenvalue weighted by Crippen LogP contribution is 2.11. The van der Waals surface area contributed by atoms with Gasteiger partial charge in [-0.05, 0) is 13.3 Å². The van der Waals surface area contributed by atoms with Crippen LogP contribution in [0.1, 0.15) is 39.5 Å². The molecule has 5 heteroatoms. The summed E-state index contributed by atoms with van der Waals surface area (Å²) in [5.74, 6) is -0.440. The SMILES string of the molecule is CCC(C)NC(=O)CCN1C(=O)CCC1=O.